The highest BCUT2D eigenvalue weighted by Gasteiger charge is 2.52. The van der Waals surface area contributed by atoms with Crippen LogP contribution < -0.4 is 20.2 Å². The van der Waals surface area contributed by atoms with Crippen LogP contribution in [0, 0.1) is 23.7 Å². The van der Waals surface area contributed by atoms with Crippen molar-refractivity contribution in [3.63, 3.8) is 0 Å². The Balaban J connectivity index is 1.15. The highest BCUT2D eigenvalue weighted by atomic mass is 32.1. The van der Waals surface area contributed by atoms with Crippen molar-refractivity contribution < 1.29 is 9.47 Å². The molecule has 25 heavy (non-hydrogen) atoms. The second-order valence-corrected chi connectivity index (χ2v) is 8.06. The Morgan fingerprint density at radius 2 is 2.08 bits per heavy atom. The fraction of sp³-hybridized carbons (Fsp3) is 0.579. The molecule has 4 atom stereocenters. The minimum Gasteiger partial charge on any atom is -0.454 e. The summed E-state index contributed by atoms with van der Waals surface area (Å²) in [4.78, 5) is 0. The molecular formula is C19H23N3O2S. The molecule has 5 nitrogen and oxygen atoms in total. The lowest BCUT2D eigenvalue weighted by Crippen LogP contribution is -2.34. The Hall–Kier alpha value is -1.82. The first-order valence-corrected chi connectivity index (χ1v) is 9.67. The van der Waals surface area contributed by atoms with E-state index in [1.807, 2.05) is 18.2 Å². The van der Waals surface area contributed by atoms with Crippen LogP contribution in [0.25, 0.3) is 0 Å². The molecule has 0 saturated heterocycles. The number of ether oxygens (including phenoxy) is 2. The van der Waals surface area contributed by atoms with Crippen molar-refractivity contribution >= 4 is 23.0 Å². The van der Waals surface area contributed by atoms with E-state index in [2.05, 4.69) is 15.8 Å². The third-order valence-electron chi connectivity index (χ3n) is 6.39. The number of hydrazone groups is 1. The minimum absolute atomic E-state index is 0.299. The zero-order valence-electron chi connectivity index (χ0n) is 14.2. The number of hydrogen-bond acceptors (Lipinski definition) is 4. The largest absolute Gasteiger partial charge is 0.454 e. The van der Waals surface area contributed by atoms with Gasteiger partial charge in [-0.2, -0.15) is 5.10 Å². The van der Waals surface area contributed by atoms with Gasteiger partial charge in [-0.1, -0.05) is 12.5 Å². The SMILES string of the molecule is S=C(NCc1ccc2c(c1)OCO2)N/N=C1\C[C@@H]2C[C@@H]1[C@H]1CCC[C@H]21. The topological polar surface area (TPSA) is 54.9 Å². The summed E-state index contributed by atoms with van der Waals surface area (Å²) in [5, 5.41) is 8.46. The average Bonchev–Trinajstić information content (AvgIpc) is 3.39. The molecule has 1 aromatic carbocycles. The average molecular weight is 357 g/mol. The summed E-state index contributed by atoms with van der Waals surface area (Å²) in [6.07, 6.45) is 6.79. The van der Waals surface area contributed by atoms with Crippen LogP contribution in [0.15, 0.2) is 23.3 Å². The molecule has 5 rings (SSSR count). The van der Waals surface area contributed by atoms with Gasteiger partial charge in [-0.3, -0.25) is 5.43 Å². The van der Waals surface area contributed by atoms with Crippen LogP contribution in [0.1, 0.15) is 37.7 Å². The molecule has 0 unspecified atom stereocenters. The van der Waals surface area contributed by atoms with Crippen LogP contribution >= 0.6 is 12.2 Å². The fourth-order valence-electron chi connectivity index (χ4n) is 5.34. The first kappa shape index (κ1) is 15.4. The second-order valence-electron chi connectivity index (χ2n) is 7.65. The van der Waals surface area contributed by atoms with Crippen molar-refractivity contribution in [2.75, 3.05) is 6.79 Å². The summed E-state index contributed by atoms with van der Waals surface area (Å²) >= 11 is 5.38. The summed E-state index contributed by atoms with van der Waals surface area (Å²) in [5.74, 6) is 5.08. The van der Waals surface area contributed by atoms with Crippen molar-refractivity contribution in [3.8, 4) is 11.5 Å². The first-order chi connectivity index (χ1) is 12.3. The van der Waals surface area contributed by atoms with Gasteiger partial charge in [0.1, 0.15) is 0 Å². The molecule has 3 saturated carbocycles. The van der Waals surface area contributed by atoms with Gasteiger partial charge in [0.05, 0.1) is 0 Å². The maximum atomic E-state index is 5.40. The van der Waals surface area contributed by atoms with Crippen molar-refractivity contribution in [2.45, 2.75) is 38.6 Å². The van der Waals surface area contributed by atoms with Gasteiger partial charge in [0.15, 0.2) is 16.6 Å². The summed E-state index contributed by atoms with van der Waals surface area (Å²) in [6.45, 7) is 0.942. The standard InChI is InChI=1S/C19H23N3O2S/c25-19(20-9-11-4-5-17-18(6-11)24-10-23-17)22-21-16-8-12-7-15(16)14-3-1-2-13(12)14/h4-6,12-15H,1-3,7-10H2,(H2,20,22,25)/b21-16+/t12-,13+,14-,15+/m0/s1. The van der Waals surface area contributed by atoms with E-state index in [4.69, 9.17) is 21.7 Å². The molecule has 3 aliphatic carbocycles. The molecule has 4 aliphatic rings. The molecule has 0 aromatic heterocycles. The lowest BCUT2D eigenvalue weighted by atomic mass is 9.81. The van der Waals surface area contributed by atoms with E-state index >= 15 is 0 Å². The zero-order chi connectivity index (χ0) is 16.8. The Morgan fingerprint density at radius 1 is 1.20 bits per heavy atom. The predicted octanol–water partition coefficient (Wildman–Crippen LogP) is 3.19. The number of thiocarbonyl (C=S) groups is 1. The maximum Gasteiger partial charge on any atom is 0.231 e. The van der Waals surface area contributed by atoms with Gasteiger partial charge >= 0.3 is 0 Å². The lowest BCUT2D eigenvalue weighted by molar-refractivity contribution is 0.174. The molecule has 1 aliphatic heterocycles. The number of fused-ring (bicyclic) bond motifs is 6. The smallest absolute Gasteiger partial charge is 0.231 e. The summed E-state index contributed by atoms with van der Waals surface area (Å²) in [7, 11) is 0. The van der Waals surface area contributed by atoms with E-state index in [1.165, 1.54) is 37.8 Å². The quantitative estimate of drug-likeness (QED) is 0.643. The van der Waals surface area contributed by atoms with Crippen molar-refractivity contribution in [2.24, 2.45) is 28.8 Å². The summed E-state index contributed by atoms with van der Waals surface area (Å²) < 4.78 is 10.7. The van der Waals surface area contributed by atoms with Crippen molar-refractivity contribution in [1.29, 1.82) is 0 Å². The van der Waals surface area contributed by atoms with Crippen LogP contribution in [0.2, 0.25) is 0 Å². The minimum atomic E-state index is 0.299. The Morgan fingerprint density at radius 3 is 3.04 bits per heavy atom. The Kier molecular flexibility index (Phi) is 3.81. The van der Waals surface area contributed by atoms with Crippen LogP contribution in [0.5, 0.6) is 11.5 Å². The molecule has 0 spiro atoms. The van der Waals surface area contributed by atoms with Gasteiger partial charge in [-0.15, -0.1) is 0 Å². The van der Waals surface area contributed by atoms with Crippen LogP contribution in [0.4, 0.5) is 0 Å². The molecular weight excluding hydrogens is 334 g/mol. The maximum absolute atomic E-state index is 5.40. The third kappa shape index (κ3) is 2.76. The lowest BCUT2D eigenvalue weighted by Gasteiger charge is -2.25. The number of nitrogens with one attached hydrogen (secondary N) is 2. The highest BCUT2D eigenvalue weighted by Crippen LogP contribution is 2.57. The van der Waals surface area contributed by atoms with Gasteiger partial charge in [0, 0.05) is 18.2 Å². The fourth-order valence-corrected chi connectivity index (χ4v) is 5.46. The molecule has 1 heterocycles. The van der Waals surface area contributed by atoms with Crippen molar-refractivity contribution in [3.05, 3.63) is 23.8 Å². The van der Waals surface area contributed by atoms with Crippen LogP contribution in [-0.2, 0) is 6.54 Å². The predicted molar refractivity (Wildman–Crippen MR) is 99.6 cm³/mol. The molecule has 2 bridgehead atoms. The number of rotatable bonds is 3. The number of benzene rings is 1. The van der Waals surface area contributed by atoms with Gasteiger partial charge < -0.3 is 14.8 Å². The molecule has 0 radical (unpaired) electrons. The van der Waals surface area contributed by atoms with E-state index in [0.29, 0.717) is 24.4 Å². The van der Waals surface area contributed by atoms with E-state index in [-0.39, 0.29) is 0 Å². The molecule has 1 aromatic rings. The third-order valence-corrected chi connectivity index (χ3v) is 6.63. The Bertz CT molecular complexity index is 735. The number of nitrogens with zero attached hydrogens (tertiary/aromatic N) is 1. The van der Waals surface area contributed by atoms with Gasteiger partial charge in [0.25, 0.3) is 0 Å². The molecule has 6 heteroatoms. The van der Waals surface area contributed by atoms with E-state index in [0.717, 1.165) is 34.8 Å². The summed E-state index contributed by atoms with van der Waals surface area (Å²) in [6, 6.07) is 5.94. The van der Waals surface area contributed by atoms with Gasteiger partial charge in [0.2, 0.25) is 6.79 Å². The number of hydrogen-bond donors (Lipinski definition) is 2. The van der Waals surface area contributed by atoms with E-state index in [1.54, 1.807) is 0 Å². The molecule has 0 amide bonds. The normalized spacial score (nSPS) is 32.9. The molecule has 3 fully saturated rings. The molecule has 132 valence electrons. The van der Waals surface area contributed by atoms with E-state index in [9.17, 15) is 0 Å². The van der Waals surface area contributed by atoms with Gasteiger partial charge in [-0.05, 0) is 73.4 Å². The van der Waals surface area contributed by atoms with E-state index < -0.39 is 0 Å². The zero-order valence-corrected chi connectivity index (χ0v) is 15.0. The Labute approximate surface area is 153 Å². The van der Waals surface area contributed by atoms with Gasteiger partial charge in [-0.25, -0.2) is 0 Å². The first-order valence-electron chi connectivity index (χ1n) is 9.27. The van der Waals surface area contributed by atoms with Crippen LogP contribution in [0.3, 0.4) is 0 Å². The van der Waals surface area contributed by atoms with Crippen molar-refractivity contribution in [1.82, 2.24) is 10.7 Å². The molecule has 2 N–H and O–H groups in total. The highest BCUT2D eigenvalue weighted by molar-refractivity contribution is 7.80. The summed E-state index contributed by atoms with van der Waals surface area (Å²) in [5.41, 5.74) is 5.52. The second kappa shape index (κ2) is 6.16. The van der Waals surface area contributed by atoms with Crippen LogP contribution in [-0.4, -0.2) is 17.6 Å². The monoisotopic (exact) mass is 357 g/mol.